The van der Waals surface area contributed by atoms with E-state index in [1.165, 1.54) is 11.3 Å². The van der Waals surface area contributed by atoms with Gasteiger partial charge in [-0.2, -0.15) is 5.26 Å². The first-order valence-electron chi connectivity index (χ1n) is 9.15. The Kier molecular flexibility index (Phi) is 5.08. The van der Waals surface area contributed by atoms with Crippen LogP contribution in [0.1, 0.15) is 36.7 Å². The lowest BCUT2D eigenvalue weighted by Crippen LogP contribution is -2.32. The summed E-state index contributed by atoms with van der Waals surface area (Å²) in [7, 11) is 0. The van der Waals surface area contributed by atoms with Gasteiger partial charge in [0.15, 0.2) is 5.82 Å². The maximum absolute atomic E-state index is 12.9. The van der Waals surface area contributed by atoms with E-state index in [0.717, 1.165) is 38.1 Å². The SMILES string of the molecule is C=CCn1c(=O)/c(=C/c2ccco2)s/c1=C(\C#N)c1nnc2n1CCCCC2. The number of thiazole rings is 1. The standard InChI is InChI=1S/C20H19N5O2S/c1-2-9-25-19(26)16(12-14-7-6-11-27-14)28-20(25)15(13-21)18-23-22-17-8-4-3-5-10-24(17)18/h2,6-7,11-12H,1,3-5,8-10H2/b16-12-,20-15+. The Morgan fingerprint density at radius 1 is 1.39 bits per heavy atom. The summed E-state index contributed by atoms with van der Waals surface area (Å²) >= 11 is 1.26. The van der Waals surface area contributed by atoms with E-state index in [0.29, 0.717) is 32.9 Å². The van der Waals surface area contributed by atoms with Crippen LogP contribution in [0, 0.1) is 11.3 Å². The largest absolute Gasteiger partial charge is 0.465 e. The fraction of sp³-hybridized carbons (Fsp3) is 0.300. The van der Waals surface area contributed by atoms with Crippen LogP contribution in [-0.4, -0.2) is 19.3 Å². The first-order valence-corrected chi connectivity index (χ1v) is 9.97. The first kappa shape index (κ1) is 18.2. The average molecular weight is 393 g/mol. The lowest BCUT2D eigenvalue weighted by molar-refractivity contribution is 0.556. The number of hydrogen-bond acceptors (Lipinski definition) is 6. The molecule has 4 heterocycles. The Hall–Kier alpha value is -3.18. The normalized spacial score (nSPS) is 15.6. The van der Waals surface area contributed by atoms with Crippen LogP contribution in [0.2, 0.25) is 0 Å². The number of nitriles is 1. The number of allylic oxidation sites excluding steroid dienone is 1. The predicted molar refractivity (Wildman–Crippen MR) is 106 cm³/mol. The molecule has 0 saturated carbocycles. The van der Waals surface area contributed by atoms with Gasteiger partial charge in [0.1, 0.15) is 27.9 Å². The van der Waals surface area contributed by atoms with Crippen LogP contribution in [0.5, 0.6) is 0 Å². The lowest BCUT2D eigenvalue weighted by Gasteiger charge is -2.06. The topological polar surface area (TPSA) is 89.6 Å². The van der Waals surface area contributed by atoms with E-state index in [-0.39, 0.29) is 5.56 Å². The van der Waals surface area contributed by atoms with Gasteiger partial charge in [-0.1, -0.05) is 12.5 Å². The van der Waals surface area contributed by atoms with Crippen molar-refractivity contribution in [2.75, 3.05) is 0 Å². The second kappa shape index (κ2) is 7.82. The van der Waals surface area contributed by atoms with Gasteiger partial charge in [0, 0.05) is 25.6 Å². The molecule has 142 valence electrons. The van der Waals surface area contributed by atoms with Gasteiger partial charge in [0.05, 0.1) is 10.8 Å². The van der Waals surface area contributed by atoms with Gasteiger partial charge in [0.2, 0.25) is 0 Å². The second-order valence-electron chi connectivity index (χ2n) is 6.52. The summed E-state index contributed by atoms with van der Waals surface area (Å²) in [6.45, 7) is 4.84. The van der Waals surface area contributed by atoms with Gasteiger partial charge < -0.3 is 8.98 Å². The minimum absolute atomic E-state index is 0.181. The molecule has 3 aromatic rings. The van der Waals surface area contributed by atoms with E-state index in [9.17, 15) is 10.1 Å². The highest BCUT2D eigenvalue weighted by Gasteiger charge is 2.20. The molecule has 0 aliphatic carbocycles. The smallest absolute Gasteiger partial charge is 0.269 e. The Bertz CT molecular complexity index is 1220. The van der Waals surface area contributed by atoms with E-state index in [4.69, 9.17) is 4.42 Å². The zero-order valence-electron chi connectivity index (χ0n) is 15.3. The van der Waals surface area contributed by atoms with E-state index in [2.05, 4.69) is 22.8 Å². The van der Waals surface area contributed by atoms with Gasteiger partial charge in [-0.15, -0.1) is 28.1 Å². The molecule has 0 saturated heterocycles. The molecular weight excluding hydrogens is 374 g/mol. The molecule has 0 aromatic carbocycles. The third kappa shape index (κ3) is 3.25. The molecule has 7 nitrogen and oxygen atoms in total. The van der Waals surface area contributed by atoms with Gasteiger partial charge in [-0.3, -0.25) is 9.36 Å². The number of aryl methyl sites for hydroxylation is 1. The number of nitrogens with zero attached hydrogens (tertiary/aromatic N) is 5. The van der Waals surface area contributed by atoms with Gasteiger partial charge in [0.25, 0.3) is 5.56 Å². The molecule has 1 aliphatic rings. The number of fused-ring (bicyclic) bond motifs is 1. The summed E-state index contributed by atoms with van der Waals surface area (Å²) in [6, 6.07) is 5.81. The zero-order valence-corrected chi connectivity index (χ0v) is 16.1. The maximum Gasteiger partial charge on any atom is 0.269 e. The van der Waals surface area contributed by atoms with E-state index >= 15 is 0 Å². The molecule has 0 unspecified atom stereocenters. The summed E-state index contributed by atoms with van der Waals surface area (Å²) in [6.07, 6.45) is 8.98. The van der Waals surface area contributed by atoms with Crippen LogP contribution in [0.4, 0.5) is 0 Å². The Morgan fingerprint density at radius 3 is 3.04 bits per heavy atom. The summed E-state index contributed by atoms with van der Waals surface area (Å²) in [5, 5.41) is 18.5. The van der Waals surface area contributed by atoms with Crippen molar-refractivity contribution in [2.45, 2.75) is 38.8 Å². The number of hydrogen-bond donors (Lipinski definition) is 0. The van der Waals surface area contributed by atoms with Crippen LogP contribution in [0.25, 0.3) is 11.6 Å². The van der Waals surface area contributed by atoms with Crippen molar-refractivity contribution >= 4 is 23.0 Å². The molecule has 0 atom stereocenters. The molecule has 0 spiro atoms. The molecule has 28 heavy (non-hydrogen) atoms. The molecule has 0 N–H and O–H groups in total. The molecule has 0 bridgehead atoms. The van der Waals surface area contributed by atoms with E-state index in [1.807, 2.05) is 4.57 Å². The average Bonchev–Trinajstić information content (AvgIpc) is 3.37. The Labute approximate surface area is 165 Å². The second-order valence-corrected chi connectivity index (χ2v) is 7.56. The van der Waals surface area contributed by atoms with Crippen molar-refractivity contribution in [1.82, 2.24) is 19.3 Å². The van der Waals surface area contributed by atoms with Crippen LogP contribution in [0.15, 0.2) is 40.3 Å². The molecule has 0 fully saturated rings. The van der Waals surface area contributed by atoms with Gasteiger partial charge >= 0.3 is 0 Å². The third-order valence-electron chi connectivity index (χ3n) is 4.69. The van der Waals surface area contributed by atoms with Gasteiger partial charge in [-0.05, 0) is 25.0 Å². The molecule has 3 aromatic heterocycles. The fourth-order valence-electron chi connectivity index (χ4n) is 3.37. The van der Waals surface area contributed by atoms with Crippen molar-refractivity contribution in [2.24, 2.45) is 0 Å². The quantitative estimate of drug-likeness (QED) is 0.628. The van der Waals surface area contributed by atoms with Crippen molar-refractivity contribution in [3.63, 3.8) is 0 Å². The zero-order chi connectivity index (χ0) is 19.5. The highest BCUT2D eigenvalue weighted by molar-refractivity contribution is 7.07. The summed E-state index contributed by atoms with van der Waals surface area (Å²) in [5.74, 6) is 2.02. The lowest BCUT2D eigenvalue weighted by atomic mass is 10.2. The highest BCUT2D eigenvalue weighted by atomic mass is 32.1. The van der Waals surface area contributed by atoms with Crippen molar-refractivity contribution in [3.8, 4) is 6.07 Å². The van der Waals surface area contributed by atoms with Crippen molar-refractivity contribution in [1.29, 1.82) is 5.26 Å². The molecule has 8 heteroatoms. The Morgan fingerprint density at radius 2 is 2.29 bits per heavy atom. The third-order valence-corrected chi connectivity index (χ3v) is 5.82. The summed E-state index contributed by atoms with van der Waals surface area (Å²) < 4.78 is 9.97. The fourth-order valence-corrected chi connectivity index (χ4v) is 4.45. The molecule has 0 radical (unpaired) electrons. The van der Waals surface area contributed by atoms with Crippen LogP contribution in [-0.2, 0) is 19.5 Å². The summed E-state index contributed by atoms with van der Waals surface area (Å²) in [4.78, 5) is 12.9. The molecule has 4 rings (SSSR count). The monoisotopic (exact) mass is 393 g/mol. The predicted octanol–water partition coefficient (Wildman–Crippen LogP) is 1.56. The number of aromatic nitrogens is 4. The van der Waals surface area contributed by atoms with Crippen LogP contribution in [0.3, 0.4) is 0 Å². The number of furan rings is 1. The van der Waals surface area contributed by atoms with E-state index < -0.39 is 0 Å². The summed E-state index contributed by atoms with van der Waals surface area (Å²) in [5.41, 5.74) is 0.184. The minimum Gasteiger partial charge on any atom is -0.465 e. The minimum atomic E-state index is -0.181. The molecule has 0 amide bonds. The van der Waals surface area contributed by atoms with Crippen molar-refractivity contribution < 1.29 is 4.42 Å². The van der Waals surface area contributed by atoms with Crippen LogP contribution >= 0.6 is 11.3 Å². The molecule has 1 aliphatic heterocycles. The van der Waals surface area contributed by atoms with Crippen molar-refractivity contribution in [3.05, 3.63) is 68.0 Å². The first-order chi connectivity index (χ1) is 13.7. The number of rotatable bonds is 4. The maximum atomic E-state index is 12.9. The van der Waals surface area contributed by atoms with E-state index in [1.54, 1.807) is 35.1 Å². The Balaban J connectivity index is 1.99. The molecular formula is C20H19N5O2S. The van der Waals surface area contributed by atoms with Gasteiger partial charge in [-0.25, -0.2) is 0 Å². The highest BCUT2D eigenvalue weighted by Crippen LogP contribution is 2.18. The van der Waals surface area contributed by atoms with Crippen LogP contribution < -0.4 is 14.8 Å².